The van der Waals surface area contributed by atoms with Gasteiger partial charge in [0.2, 0.25) is 5.91 Å². The fourth-order valence-electron chi connectivity index (χ4n) is 6.13. The predicted molar refractivity (Wildman–Crippen MR) is 186 cm³/mol. The average Bonchev–Trinajstić information content (AvgIpc) is 3.09. The number of nitrogens with one attached hydrogen (secondary N) is 1. The first-order chi connectivity index (χ1) is 23.6. The molecule has 1 N–H and O–H groups in total. The first-order valence-electron chi connectivity index (χ1n) is 16.5. The van der Waals surface area contributed by atoms with Crippen molar-refractivity contribution in [2.45, 2.75) is 45.1 Å². The number of nitrogens with zero attached hydrogens (tertiary/aromatic N) is 3. The predicted octanol–water partition coefficient (Wildman–Crippen LogP) is 6.24. The van der Waals surface area contributed by atoms with Crippen LogP contribution < -0.4 is 19.7 Å². The summed E-state index contributed by atoms with van der Waals surface area (Å²) < 4.78 is 22.1. The zero-order chi connectivity index (χ0) is 35.0. The molecule has 0 radical (unpaired) electrons. The number of benzene rings is 3. The van der Waals surface area contributed by atoms with Gasteiger partial charge in [-0.1, -0.05) is 41.6 Å². The molecule has 3 aromatic carbocycles. The van der Waals surface area contributed by atoms with Crippen LogP contribution in [0.15, 0.2) is 71.9 Å². The molecule has 2 atom stereocenters. The number of piperidine rings is 1. The molecule has 3 amide bonds. The molecule has 0 bridgehead atoms. The Hall–Kier alpha value is -4.97. The Morgan fingerprint density at radius 1 is 1.02 bits per heavy atom. The highest BCUT2D eigenvalue weighted by Gasteiger charge is 2.38. The number of fused-ring (bicyclic) bond motifs is 1. The van der Waals surface area contributed by atoms with Crippen LogP contribution in [0.1, 0.15) is 45.1 Å². The number of ether oxygens (including phenoxy) is 4. The third-order valence-corrected chi connectivity index (χ3v) is 8.45. The van der Waals surface area contributed by atoms with E-state index in [2.05, 4.69) is 16.6 Å². The van der Waals surface area contributed by atoms with Crippen LogP contribution in [0.3, 0.4) is 0 Å². The van der Waals surface area contributed by atoms with E-state index in [4.69, 9.17) is 18.9 Å². The van der Waals surface area contributed by atoms with Crippen molar-refractivity contribution in [3.63, 3.8) is 0 Å². The minimum atomic E-state index is -0.677. The SMILES string of the molecule is COCCCN1C(=O)COc2ccc(NC(=O)[C@H]3CN(C(=O)OC(C)(C)C)CC[C@@H]3c3cccc(-c4ccc(OCCN=O)cc4)c3)cc21. The summed E-state index contributed by atoms with van der Waals surface area (Å²) in [6.45, 7) is 7.28. The van der Waals surface area contributed by atoms with E-state index in [1.165, 1.54) is 0 Å². The number of rotatable bonds is 12. The highest BCUT2D eigenvalue weighted by atomic mass is 16.6. The molecule has 2 aliphatic rings. The summed E-state index contributed by atoms with van der Waals surface area (Å²) in [5.41, 5.74) is 3.35. The maximum absolute atomic E-state index is 14.2. The van der Waals surface area contributed by atoms with Crippen molar-refractivity contribution in [1.29, 1.82) is 0 Å². The summed E-state index contributed by atoms with van der Waals surface area (Å²) >= 11 is 0. The zero-order valence-electron chi connectivity index (χ0n) is 28.5. The standard InChI is InChI=1S/C37H44N4O8/c1-37(2,3)49-36(44)40-18-15-30(27-8-5-7-26(21-27)25-9-12-29(13-10-25)47-20-16-38-45)31(23-40)35(43)39-28-11-14-33-32(22-28)41(17-6-19-46-4)34(42)24-48-33/h5,7-14,21-22,30-31H,6,15-20,23-24H2,1-4H3,(H,39,43)/t30-,31+/m1/s1. The monoisotopic (exact) mass is 672 g/mol. The van der Waals surface area contributed by atoms with Crippen LogP contribution >= 0.6 is 0 Å². The molecule has 5 rings (SSSR count). The molecule has 0 saturated carbocycles. The van der Waals surface area contributed by atoms with Gasteiger partial charge in [-0.2, -0.15) is 4.91 Å². The Morgan fingerprint density at radius 3 is 2.55 bits per heavy atom. The first-order valence-corrected chi connectivity index (χ1v) is 16.5. The lowest BCUT2D eigenvalue weighted by Gasteiger charge is -2.38. The van der Waals surface area contributed by atoms with E-state index in [9.17, 15) is 19.3 Å². The van der Waals surface area contributed by atoms with Crippen LogP contribution in [-0.2, 0) is 19.1 Å². The molecule has 0 aliphatic carbocycles. The number of anilines is 2. The minimum absolute atomic E-state index is 0.0496. The van der Waals surface area contributed by atoms with Gasteiger partial charge < -0.3 is 34.1 Å². The van der Waals surface area contributed by atoms with Gasteiger partial charge in [-0.25, -0.2) is 4.79 Å². The largest absolute Gasteiger partial charge is 0.492 e. The van der Waals surface area contributed by atoms with E-state index in [1.54, 1.807) is 35.1 Å². The van der Waals surface area contributed by atoms with Gasteiger partial charge in [-0.3, -0.25) is 9.59 Å². The van der Waals surface area contributed by atoms with Crippen LogP contribution in [0, 0.1) is 10.8 Å². The molecule has 12 nitrogen and oxygen atoms in total. The van der Waals surface area contributed by atoms with Gasteiger partial charge in [0.15, 0.2) is 6.61 Å². The van der Waals surface area contributed by atoms with E-state index >= 15 is 0 Å². The van der Waals surface area contributed by atoms with Gasteiger partial charge >= 0.3 is 6.09 Å². The summed E-state index contributed by atoms with van der Waals surface area (Å²) in [5.74, 6) is 0.0197. The van der Waals surface area contributed by atoms with Crippen molar-refractivity contribution in [2.24, 2.45) is 11.1 Å². The topological polar surface area (TPSA) is 136 Å². The van der Waals surface area contributed by atoms with Crippen LogP contribution in [0.2, 0.25) is 0 Å². The van der Waals surface area contributed by atoms with E-state index in [0.717, 1.165) is 16.7 Å². The van der Waals surface area contributed by atoms with Crippen molar-refractivity contribution < 1.29 is 33.3 Å². The van der Waals surface area contributed by atoms with Crippen LogP contribution in [0.25, 0.3) is 11.1 Å². The van der Waals surface area contributed by atoms with Gasteiger partial charge in [-0.05, 0) is 86.6 Å². The number of hydrogen-bond acceptors (Lipinski definition) is 9. The molecule has 2 heterocycles. The van der Waals surface area contributed by atoms with E-state index in [0.29, 0.717) is 55.4 Å². The number of nitroso groups, excluding NO2 is 1. The summed E-state index contributed by atoms with van der Waals surface area (Å²) in [7, 11) is 1.62. The fourth-order valence-corrected chi connectivity index (χ4v) is 6.13. The third-order valence-electron chi connectivity index (χ3n) is 8.45. The van der Waals surface area contributed by atoms with Crippen molar-refractivity contribution in [3.05, 3.63) is 77.2 Å². The van der Waals surface area contributed by atoms with Crippen molar-refractivity contribution in [2.75, 3.05) is 63.3 Å². The van der Waals surface area contributed by atoms with Gasteiger partial charge in [0.1, 0.15) is 30.3 Å². The lowest BCUT2D eigenvalue weighted by Crippen LogP contribution is -2.48. The van der Waals surface area contributed by atoms with Gasteiger partial charge in [0.25, 0.3) is 5.91 Å². The zero-order valence-corrected chi connectivity index (χ0v) is 28.5. The molecular weight excluding hydrogens is 628 g/mol. The molecular formula is C37H44N4O8. The van der Waals surface area contributed by atoms with Gasteiger partial charge in [0.05, 0.1) is 11.6 Å². The molecule has 260 valence electrons. The first kappa shape index (κ1) is 35.3. The van der Waals surface area contributed by atoms with Gasteiger partial charge in [0, 0.05) is 39.0 Å². The molecule has 0 aromatic heterocycles. The second kappa shape index (κ2) is 16.0. The summed E-state index contributed by atoms with van der Waals surface area (Å²) in [5, 5.41) is 5.89. The smallest absolute Gasteiger partial charge is 0.410 e. The Kier molecular flexibility index (Phi) is 11.5. The van der Waals surface area contributed by atoms with Crippen LogP contribution in [0.5, 0.6) is 11.5 Å². The second-order valence-electron chi connectivity index (χ2n) is 13.1. The average molecular weight is 673 g/mol. The summed E-state index contributed by atoms with van der Waals surface area (Å²) in [6.07, 6.45) is 0.747. The normalized spacial score (nSPS) is 17.5. The maximum atomic E-state index is 14.2. The van der Waals surface area contributed by atoms with E-state index < -0.39 is 17.6 Å². The highest BCUT2D eigenvalue weighted by molar-refractivity contribution is 6.00. The van der Waals surface area contributed by atoms with E-state index in [1.807, 2.05) is 63.2 Å². The third kappa shape index (κ3) is 9.14. The summed E-state index contributed by atoms with van der Waals surface area (Å²) in [4.78, 5) is 53.7. The number of amides is 3. The highest BCUT2D eigenvalue weighted by Crippen LogP contribution is 2.38. The number of methoxy groups -OCH3 is 1. The lowest BCUT2D eigenvalue weighted by atomic mass is 9.79. The lowest BCUT2D eigenvalue weighted by molar-refractivity contribution is -0.122. The quantitative estimate of drug-likeness (QED) is 0.176. The Bertz CT molecular complexity index is 1640. The number of carbonyl (C=O) groups excluding carboxylic acids is 3. The Morgan fingerprint density at radius 2 is 1.82 bits per heavy atom. The maximum Gasteiger partial charge on any atom is 0.410 e. The van der Waals surface area contributed by atoms with Crippen molar-refractivity contribution in [3.8, 4) is 22.6 Å². The number of carbonyl (C=O) groups is 3. The second-order valence-corrected chi connectivity index (χ2v) is 13.1. The van der Waals surface area contributed by atoms with E-state index in [-0.39, 0.29) is 44.0 Å². The summed E-state index contributed by atoms with van der Waals surface area (Å²) in [6, 6.07) is 20.9. The van der Waals surface area contributed by atoms with Crippen molar-refractivity contribution in [1.82, 2.24) is 4.90 Å². The molecule has 0 unspecified atom stereocenters. The molecule has 1 saturated heterocycles. The molecule has 3 aromatic rings. The Balaban J connectivity index is 1.39. The molecule has 0 spiro atoms. The molecule has 12 heteroatoms. The molecule has 2 aliphatic heterocycles. The fraction of sp³-hybridized carbons (Fsp3) is 0.432. The van der Waals surface area contributed by atoms with Crippen LogP contribution in [-0.4, -0.2) is 81.5 Å². The molecule has 1 fully saturated rings. The Labute approximate surface area is 286 Å². The number of likely N-dealkylation sites (tertiary alicyclic amines) is 1. The minimum Gasteiger partial charge on any atom is -0.492 e. The van der Waals surface area contributed by atoms with Crippen LogP contribution in [0.4, 0.5) is 16.2 Å². The number of hydrogen-bond donors (Lipinski definition) is 1. The van der Waals surface area contributed by atoms with Crippen molar-refractivity contribution >= 4 is 29.3 Å². The van der Waals surface area contributed by atoms with Gasteiger partial charge in [-0.15, -0.1) is 0 Å². The molecule has 49 heavy (non-hydrogen) atoms.